The Kier molecular flexibility index (Phi) is 10.9. The molecule has 1 atom stereocenters. The fraction of sp³-hybridized carbons (Fsp3) is 0.375. The molecule has 0 aromatic heterocycles. The molecule has 0 radical (unpaired) electrons. The number of nitrogens with one attached hydrogen (secondary N) is 1. The van der Waals surface area contributed by atoms with E-state index in [1.54, 1.807) is 4.90 Å². The predicted octanol–water partition coefficient (Wildman–Crippen LogP) is 4.93. The van der Waals surface area contributed by atoms with Crippen molar-refractivity contribution >= 4 is 27.5 Å². The van der Waals surface area contributed by atoms with Gasteiger partial charge in [0.25, 0.3) is 0 Å². The van der Waals surface area contributed by atoms with Crippen molar-refractivity contribution < 1.29 is 18.0 Å². The van der Waals surface area contributed by atoms with Gasteiger partial charge in [-0.2, -0.15) is 0 Å². The van der Waals surface area contributed by atoms with E-state index in [2.05, 4.69) is 5.32 Å². The normalized spacial score (nSPS) is 12.0. The van der Waals surface area contributed by atoms with Crippen LogP contribution in [0.3, 0.4) is 0 Å². The number of hydrogen-bond acceptors (Lipinski definition) is 4. The molecule has 0 aliphatic carbocycles. The first kappa shape index (κ1) is 30.9. The highest BCUT2D eigenvalue weighted by atomic mass is 32.2. The van der Waals surface area contributed by atoms with Gasteiger partial charge in [0.2, 0.25) is 21.8 Å². The molecule has 3 aromatic rings. The lowest BCUT2D eigenvalue weighted by Gasteiger charge is -2.32. The maximum Gasteiger partial charge on any atom is 0.243 e. The molecule has 8 heteroatoms. The number of likely N-dealkylation sites (N-methyl/N-ethyl adjacent to an activating group) is 1. The Morgan fingerprint density at radius 3 is 2.05 bits per heavy atom. The summed E-state index contributed by atoms with van der Waals surface area (Å²) in [5, 5.41) is 2.90. The van der Waals surface area contributed by atoms with E-state index in [9.17, 15) is 18.0 Å². The molecule has 3 aromatic carbocycles. The summed E-state index contributed by atoms with van der Waals surface area (Å²) < 4.78 is 26.7. The fourth-order valence-electron chi connectivity index (χ4n) is 4.83. The average molecular weight is 564 g/mol. The number of amides is 2. The van der Waals surface area contributed by atoms with Crippen LogP contribution >= 0.6 is 0 Å². The van der Waals surface area contributed by atoms with E-state index in [1.807, 2.05) is 100 Å². The molecule has 1 N–H and O–H groups in total. The van der Waals surface area contributed by atoms with Crippen molar-refractivity contribution in [1.82, 2.24) is 10.2 Å². The summed E-state index contributed by atoms with van der Waals surface area (Å²) >= 11 is 0. The number of hydrogen-bond donors (Lipinski definition) is 1. The standard InChI is InChI=1S/C32H41N3O4S/c1-6-33-32(37)30(22-27-11-8-7-9-12-27)34(23-28-16-14-24(2)15-17-28)31(36)13-10-18-35(40(5,38)39)29-20-25(3)19-26(4)21-29/h7-9,11-12,14-17,19-21,30H,6,10,13,18,22-23H2,1-5H3,(H,33,37)/t30-/m0/s1. The largest absolute Gasteiger partial charge is 0.355 e. The van der Waals surface area contributed by atoms with E-state index in [0.29, 0.717) is 25.1 Å². The van der Waals surface area contributed by atoms with Gasteiger partial charge in [-0.25, -0.2) is 8.42 Å². The van der Waals surface area contributed by atoms with Crippen LogP contribution in [0.25, 0.3) is 0 Å². The quantitative estimate of drug-likeness (QED) is 0.319. The highest BCUT2D eigenvalue weighted by Gasteiger charge is 2.30. The number of carbonyl (C=O) groups is 2. The first-order chi connectivity index (χ1) is 19.0. The minimum Gasteiger partial charge on any atom is -0.355 e. The molecule has 0 saturated carbocycles. The summed E-state index contributed by atoms with van der Waals surface area (Å²) in [6, 6.07) is 22.5. The second-order valence-corrected chi connectivity index (χ2v) is 12.3. The SMILES string of the molecule is CCNC(=O)[C@H](Cc1ccccc1)N(Cc1ccc(C)cc1)C(=O)CCCN(c1cc(C)cc(C)c1)S(C)(=O)=O. The molecule has 0 unspecified atom stereocenters. The lowest BCUT2D eigenvalue weighted by atomic mass is 10.0. The van der Waals surface area contributed by atoms with E-state index in [0.717, 1.165) is 27.8 Å². The van der Waals surface area contributed by atoms with E-state index in [4.69, 9.17) is 0 Å². The Morgan fingerprint density at radius 1 is 0.850 bits per heavy atom. The number of carbonyl (C=O) groups excluding carboxylic acids is 2. The first-order valence-electron chi connectivity index (χ1n) is 13.7. The van der Waals surface area contributed by atoms with Crippen molar-refractivity contribution in [3.63, 3.8) is 0 Å². The van der Waals surface area contributed by atoms with Crippen LogP contribution in [0.4, 0.5) is 5.69 Å². The summed E-state index contributed by atoms with van der Waals surface area (Å²) in [6.07, 6.45) is 1.98. The van der Waals surface area contributed by atoms with Gasteiger partial charge in [-0.1, -0.05) is 66.2 Å². The minimum atomic E-state index is -3.56. The summed E-state index contributed by atoms with van der Waals surface area (Å²) in [4.78, 5) is 28.8. The number of anilines is 1. The molecule has 0 aliphatic rings. The Morgan fingerprint density at radius 2 is 1.48 bits per heavy atom. The molecule has 2 amide bonds. The third kappa shape index (κ3) is 8.95. The zero-order valence-corrected chi connectivity index (χ0v) is 25.0. The van der Waals surface area contributed by atoms with Crippen LogP contribution in [0.15, 0.2) is 72.8 Å². The van der Waals surface area contributed by atoms with Gasteiger partial charge in [-0.3, -0.25) is 13.9 Å². The van der Waals surface area contributed by atoms with Crippen LogP contribution in [0.1, 0.15) is 47.6 Å². The monoisotopic (exact) mass is 563 g/mol. The maximum absolute atomic E-state index is 13.8. The third-order valence-electron chi connectivity index (χ3n) is 6.74. The van der Waals surface area contributed by atoms with Crippen molar-refractivity contribution in [2.24, 2.45) is 0 Å². The molecule has 7 nitrogen and oxygen atoms in total. The molecule has 3 rings (SSSR count). The smallest absolute Gasteiger partial charge is 0.243 e. The number of benzene rings is 3. The molecular formula is C32H41N3O4S. The van der Waals surface area contributed by atoms with Crippen LogP contribution in [0.2, 0.25) is 0 Å². The summed E-state index contributed by atoms with van der Waals surface area (Å²) in [6.45, 7) is 8.61. The Hall–Kier alpha value is -3.65. The summed E-state index contributed by atoms with van der Waals surface area (Å²) in [5.74, 6) is -0.401. The van der Waals surface area contributed by atoms with Crippen molar-refractivity contribution in [3.05, 3.63) is 101 Å². The van der Waals surface area contributed by atoms with Gasteiger partial charge >= 0.3 is 0 Å². The van der Waals surface area contributed by atoms with Crippen LogP contribution in [0.5, 0.6) is 0 Å². The number of rotatable bonds is 13. The van der Waals surface area contributed by atoms with Crippen LogP contribution < -0.4 is 9.62 Å². The van der Waals surface area contributed by atoms with E-state index >= 15 is 0 Å². The molecule has 0 saturated heterocycles. The van der Waals surface area contributed by atoms with Crippen molar-refractivity contribution in [1.29, 1.82) is 0 Å². The van der Waals surface area contributed by atoms with E-state index < -0.39 is 16.1 Å². The van der Waals surface area contributed by atoms with Crippen molar-refractivity contribution in [3.8, 4) is 0 Å². The molecular weight excluding hydrogens is 522 g/mol. The Balaban J connectivity index is 1.87. The lowest BCUT2D eigenvalue weighted by molar-refractivity contribution is -0.141. The summed E-state index contributed by atoms with van der Waals surface area (Å²) in [5.41, 5.74) is 5.52. The maximum atomic E-state index is 13.8. The highest BCUT2D eigenvalue weighted by Crippen LogP contribution is 2.23. The molecule has 0 heterocycles. The van der Waals surface area contributed by atoms with Gasteiger partial charge in [0.15, 0.2) is 0 Å². The second kappa shape index (κ2) is 14.1. The van der Waals surface area contributed by atoms with Gasteiger partial charge in [0, 0.05) is 32.5 Å². The zero-order valence-electron chi connectivity index (χ0n) is 24.2. The van der Waals surface area contributed by atoms with Gasteiger partial charge in [0.1, 0.15) is 6.04 Å². The first-order valence-corrected chi connectivity index (χ1v) is 15.6. The van der Waals surface area contributed by atoms with Crippen LogP contribution in [0, 0.1) is 20.8 Å². The van der Waals surface area contributed by atoms with Gasteiger partial charge in [-0.05, 0) is 68.5 Å². The van der Waals surface area contributed by atoms with Gasteiger partial charge < -0.3 is 10.2 Å². The minimum absolute atomic E-state index is 0.105. The fourth-order valence-corrected chi connectivity index (χ4v) is 5.78. The summed E-state index contributed by atoms with van der Waals surface area (Å²) in [7, 11) is -3.56. The number of nitrogens with zero attached hydrogens (tertiary/aromatic N) is 2. The molecule has 0 spiro atoms. The van der Waals surface area contributed by atoms with Crippen molar-refractivity contribution in [2.75, 3.05) is 23.7 Å². The predicted molar refractivity (Wildman–Crippen MR) is 162 cm³/mol. The molecule has 40 heavy (non-hydrogen) atoms. The Bertz CT molecular complexity index is 1370. The lowest BCUT2D eigenvalue weighted by Crippen LogP contribution is -2.50. The third-order valence-corrected chi connectivity index (χ3v) is 7.94. The van der Waals surface area contributed by atoms with Crippen LogP contribution in [-0.2, 0) is 32.6 Å². The molecule has 214 valence electrons. The number of aryl methyl sites for hydroxylation is 3. The molecule has 0 fully saturated rings. The van der Waals surface area contributed by atoms with E-state index in [-0.39, 0.29) is 31.3 Å². The topological polar surface area (TPSA) is 86.8 Å². The van der Waals surface area contributed by atoms with E-state index in [1.165, 1.54) is 10.6 Å². The van der Waals surface area contributed by atoms with Crippen molar-refractivity contribution in [2.45, 2.75) is 59.5 Å². The number of sulfonamides is 1. The Labute approximate surface area is 239 Å². The molecule has 0 bridgehead atoms. The average Bonchev–Trinajstić information content (AvgIpc) is 2.89. The second-order valence-electron chi connectivity index (χ2n) is 10.4. The van der Waals surface area contributed by atoms with Gasteiger partial charge in [-0.15, -0.1) is 0 Å². The molecule has 0 aliphatic heterocycles. The highest BCUT2D eigenvalue weighted by molar-refractivity contribution is 7.92. The van der Waals surface area contributed by atoms with Crippen LogP contribution in [-0.4, -0.2) is 50.5 Å². The zero-order chi connectivity index (χ0) is 29.3. The van der Waals surface area contributed by atoms with Gasteiger partial charge in [0.05, 0.1) is 11.9 Å².